The lowest BCUT2D eigenvalue weighted by Crippen LogP contribution is -2.59. The Kier molecular flexibility index (Phi) is 5.56. The summed E-state index contributed by atoms with van der Waals surface area (Å²) in [6.07, 6.45) is 0.506. The van der Waals surface area contributed by atoms with E-state index in [0.29, 0.717) is 13.2 Å². The van der Waals surface area contributed by atoms with Gasteiger partial charge in [-0.15, -0.1) is 0 Å². The zero-order chi connectivity index (χ0) is 17.3. The molecule has 0 spiro atoms. The fourth-order valence-electron chi connectivity index (χ4n) is 2.82. The summed E-state index contributed by atoms with van der Waals surface area (Å²) in [5, 5.41) is 0. The van der Waals surface area contributed by atoms with Gasteiger partial charge in [-0.3, -0.25) is 4.90 Å². The summed E-state index contributed by atoms with van der Waals surface area (Å²) in [4.78, 5) is 14.6. The van der Waals surface area contributed by atoms with Crippen LogP contribution in [0.1, 0.15) is 48.0 Å². The zero-order valence-electron chi connectivity index (χ0n) is 15.6. The molecule has 0 N–H and O–H groups in total. The van der Waals surface area contributed by atoms with E-state index in [0.717, 1.165) is 12.0 Å². The van der Waals surface area contributed by atoms with Crippen LogP contribution in [0.3, 0.4) is 0 Å². The van der Waals surface area contributed by atoms with Gasteiger partial charge < -0.3 is 9.16 Å². The number of carbonyl (C=O) groups is 1. The molecule has 1 atom stereocenters. The van der Waals surface area contributed by atoms with Crippen molar-refractivity contribution in [3.63, 3.8) is 0 Å². The number of amides is 1. The molecule has 1 fully saturated rings. The second-order valence-corrected chi connectivity index (χ2v) is 11.1. The summed E-state index contributed by atoms with van der Waals surface area (Å²) < 4.78 is 11.7. The van der Waals surface area contributed by atoms with Gasteiger partial charge >= 0.3 is 6.09 Å². The van der Waals surface area contributed by atoms with Crippen LogP contribution in [0.4, 0.5) is 4.79 Å². The first-order chi connectivity index (χ1) is 9.78. The van der Waals surface area contributed by atoms with E-state index in [1.54, 1.807) is 0 Å². The highest BCUT2D eigenvalue weighted by atomic mass is 28.3. The van der Waals surface area contributed by atoms with Gasteiger partial charge in [-0.2, -0.15) is 0 Å². The van der Waals surface area contributed by atoms with Gasteiger partial charge in [0.2, 0.25) is 0 Å². The first kappa shape index (κ1) is 19.2. The van der Waals surface area contributed by atoms with Crippen molar-refractivity contribution in [3.05, 3.63) is 12.2 Å². The number of hydrogen-bond acceptors (Lipinski definition) is 3. The van der Waals surface area contributed by atoms with Crippen molar-refractivity contribution in [2.45, 2.75) is 72.2 Å². The van der Waals surface area contributed by atoms with Crippen LogP contribution in [0, 0.1) is 5.41 Å². The average Bonchev–Trinajstić information content (AvgIpc) is 2.62. The first-order valence-corrected chi connectivity index (χ1v) is 10.9. The molecule has 0 aromatic carbocycles. The van der Waals surface area contributed by atoms with Gasteiger partial charge in [0, 0.05) is 6.54 Å². The van der Waals surface area contributed by atoms with Crippen molar-refractivity contribution in [3.8, 4) is 0 Å². The Morgan fingerprint density at radius 2 is 1.82 bits per heavy atom. The minimum Gasteiger partial charge on any atom is -0.444 e. The second kappa shape index (κ2) is 6.36. The third-order valence-electron chi connectivity index (χ3n) is 4.11. The topological polar surface area (TPSA) is 38.8 Å². The van der Waals surface area contributed by atoms with Crippen LogP contribution in [0.2, 0.25) is 13.1 Å². The molecular formula is C17H33NO3Si. The molecule has 1 rings (SSSR count). The fraction of sp³-hybridized carbons (Fsp3) is 0.824. The van der Waals surface area contributed by atoms with Crippen molar-refractivity contribution in [1.29, 1.82) is 0 Å². The molecule has 1 saturated heterocycles. The SMILES string of the molecule is C=C1CN(C(=O)OC(C)(C)C)[C@](CO[SiH](C)C)(C(C)(C)C)C1. The number of rotatable bonds is 3. The van der Waals surface area contributed by atoms with E-state index in [9.17, 15) is 4.79 Å². The number of ether oxygens (including phenoxy) is 1. The molecule has 0 bridgehead atoms. The summed E-state index contributed by atoms with van der Waals surface area (Å²) in [6.45, 7) is 21.7. The Hall–Kier alpha value is -0.813. The first-order valence-electron chi connectivity index (χ1n) is 8.07. The third kappa shape index (κ3) is 4.35. The van der Waals surface area contributed by atoms with Crippen molar-refractivity contribution < 1.29 is 14.0 Å². The molecule has 0 aliphatic carbocycles. The number of nitrogens with zero attached hydrogens (tertiary/aromatic N) is 1. The normalized spacial score (nSPS) is 23.3. The van der Waals surface area contributed by atoms with Crippen LogP contribution in [0.15, 0.2) is 12.2 Å². The van der Waals surface area contributed by atoms with Gasteiger partial charge in [-0.05, 0) is 45.7 Å². The molecule has 0 unspecified atom stereocenters. The largest absolute Gasteiger partial charge is 0.444 e. The van der Waals surface area contributed by atoms with E-state index >= 15 is 0 Å². The lowest BCUT2D eigenvalue weighted by molar-refractivity contribution is -0.0377. The molecule has 1 amide bonds. The molecule has 1 heterocycles. The minimum absolute atomic E-state index is 0.118. The van der Waals surface area contributed by atoms with Crippen LogP contribution in [-0.2, 0) is 9.16 Å². The van der Waals surface area contributed by atoms with E-state index in [2.05, 4.69) is 40.4 Å². The third-order valence-corrected chi connectivity index (χ3v) is 4.94. The van der Waals surface area contributed by atoms with Crippen molar-refractivity contribution in [2.24, 2.45) is 5.41 Å². The van der Waals surface area contributed by atoms with Crippen molar-refractivity contribution in [1.82, 2.24) is 4.90 Å². The highest BCUT2D eigenvalue weighted by Gasteiger charge is 2.54. The van der Waals surface area contributed by atoms with Crippen molar-refractivity contribution >= 4 is 15.1 Å². The number of likely N-dealkylation sites (tertiary alicyclic amines) is 1. The second-order valence-electron chi connectivity index (χ2n) is 8.63. The molecule has 5 heteroatoms. The summed E-state index contributed by atoms with van der Waals surface area (Å²) in [5.74, 6) is 0. The average molecular weight is 328 g/mol. The Morgan fingerprint density at radius 3 is 2.23 bits per heavy atom. The molecule has 1 aliphatic rings. The quantitative estimate of drug-likeness (QED) is 0.581. The molecule has 0 aromatic heterocycles. The zero-order valence-corrected chi connectivity index (χ0v) is 16.7. The molecular weight excluding hydrogens is 294 g/mol. The summed E-state index contributed by atoms with van der Waals surface area (Å²) in [5.41, 5.74) is 0.0593. The van der Waals surface area contributed by atoms with Crippen LogP contribution < -0.4 is 0 Å². The van der Waals surface area contributed by atoms with E-state index in [1.165, 1.54) is 0 Å². The Bertz CT molecular complexity index is 434. The minimum atomic E-state index is -1.17. The van der Waals surface area contributed by atoms with Crippen LogP contribution in [-0.4, -0.2) is 44.3 Å². The molecule has 0 radical (unpaired) electrons. The number of hydrogen-bond donors (Lipinski definition) is 0. The van der Waals surface area contributed by atoms with E-state index < -0.39 is 14.6 Å². The molecule has 22 heavy (non-hydrogen) atoms. The lowest BCUT2D eigenvalue weighted by Gasteiger charge is -2.48. The van der Waals surface area contributed by atoms with Gasteiger partial charge in [-0.1, -0.05) is 32.9 Å². The predicted octanol–water partition coefficient (Wildman–Crippen LogP) is 3.97. The van der Waals surface area contributed by atoms with E-state index in [-0.39, 0.29) is 17.0 Å². The Labute approximate surface area is 137 Å². The maximum atomic E-state index is 12.7. The standard InChI is InChI=1S/C17H33NO3Si/c1-13-10-17(15(2,3)4,12-20-22(8)9)18(11-13)14(19)21-16(5,6)7/h22H,1,10-12H2,2-9H3/t17-/m1/s1. The Balaban J connectivity index is 3.15. The van der Waals surface area contributed by atoms with Gasteiger partial charge in [0.25, 0.3) is 0 Å². The maximum absolute atomic E-state index is 12.7. The van der Waals surface area contributed by atoms with Crippen LogP contribution in [0.5, 0.6) is 0 Å². The summed E-state index contributed by atoms with van der Waals surface area (Å²) in [6, 6.07) is 0. The summed E-state index contributed by atoms with van der Waals surface area (Å²) >= 11 is 0. The highest BCUT2D eigenvalue weighted by Crippen LogP contribution is 2.46. The Morgan fingerprint density at radius 1 is 1.27 bits per heavy atom. The van der Waals surface area contributed by atoms with Gasteiger partial charge in [0.05, 0.1) is 12.1 Å². The molecule has 0 aromatic rings. The monoisotopic (exact) mass is 327 g/mol. The van der Waals surface area contributed by atoms with Gasteiger partial charge in [0.1, 0.15) is 5.60 Å². The van der Waals surface area contributed by atoms with Crippen molar-refractivity contribution in [2.75, 3.05) is 13.2 Å². The molecule has 128 valence electrons. The van der Waals surface area contributed by atoms with E-state index in [1.807, 2.05) is 25.7 Å². The summed E-state index contributed by atoms with van der Waals surface area (Å²) in [7, 11) is -1.17. The van der Waals surface area contributed by atoms with E-state index in [4.69, 9.17) is 9.16 Å². The number of carbonyl (C=O) groups excluding carboxylic acids is 1. The molecule has 0 saturated carbocycles. The maximum Gasteiger partial charge on any atom is 0.411 e. The molecule has 4 nitrogen and oxygen atoms in total. The smallest absolute Gasteiger partial charge is 0.411 e. The fourth-order valence-corrected chi connectivity index (χ4v) is 3.43. The van der Waals surface area contributed by atoms with Crippen LogP contribution >= 0.6 is 0 Å². The van der Waals surface area contributed by atoms with Crippen LogP contribution in [0.25, 0.3) is 0 Å². The highest BCUT2D eigenvalue weighted by molar-refractivity contribution is 6.48. The van der Waals surface area contributed by atoms with Gasteiger partial charge in [-0.25, -0.2) is 4.79 Å². The molecule has 1 aliphatic heterocycles. The lowest BCUT2D eigenvalue weighted by atomic mass is 9.72. The van der Waals surface area contributed by atoms with Gasteiger partial charge in [0.15, 0.2) is 9.04 Å². The predicted molar refractivity (Wildman–Crippen MR) is 93.7 cm³/mol.